The van der Waals surface area contributed by atoms with Crippen molar-refractivity contribution in [2.75, 3.05) is 0 Å². The number of rotatable bonds is 2. The van der Waals surface area contributed by atoms with Crippen LogP contribution in [0, 0.1) is 17.7 Å². The van der Waals surface area contributed by atoms with E-state index >= 15 is 0 Å². The molecule has 1 aliphatic carbocycles. The second-order valence-electron chi connectivity index (χ2n) is 6.24. The summed E-state index contributed by atoms with van der Waals surface area (Å²) in [5, 5.41) is 0. The van der Waals surface area contributed by atoms with Gasteiger partial charge in [0.15, 0.2) is 0 Å². The van der Waals surface area contributed by atoms with Gasteiger partial charge in [0.25, 0.3) is 0 Å². The molecule has 0 nitrogen and oxygen atoms in total. The fourth-order valence-electron chi connectivity index (χ4n) is 3.31. The minimum Gasteiger partial charge on any atom is -0.207 e. The van der Waals surface area contributed by atoms with Crippen molar-refractivity contribution in [3.8, 4) is 0 Å². The second-order valence-corrected chi connectivity index (χ2v) is 7.42. The fraction of sp³-hybridized carbons (Fsp3) is 0.625. The molecule has 0 aliphatic heterocycles. The first-order valence-corrected chi connectivity index (χ1v) is 7.73. The SMILES string of the molecule is CC1CCC(C(C)(C)c2ccccc2F)C(Br)C1. The van der Waals surface area contributed by atoms with Crippen molar-refractivity contribution < 1.29 is 4.39 Å². The molecule has 18 heavy (non-hydrogen) atoms. The van der Waals surface area contributed by atoms with Gasteiger partial charge in [-0.05, 0) is 41.7 Å². The van der Waals surface area contributed by atoms with Crippen LogP contribution in [0.1, 0.15) is 45.6 Å². The highest BCUT2D eigenvalue weighted by Crippen LogP contribution is 2.45. The molecule has 0 heterocycles. The van der Waals surface area contributed by atoms with Crippen molar-refractivity contribution in [3.05, 3.63) is 35.6 Å². The summed E-state index contributed by atoms with van der Waals surface area (Å²) >= 11 is 3.83. The molecule has 2 heteroatoms. The van der Waals surface area contributed by atoms with Crippen molar-refractivity contribution in [3.63, 3.8) is 0 Å². The van der Waals surface area contributed by atoms with Crippen LogP contribution < -0.4 is 0 Å². The van der Waals surface area contributed by atoms with E-state index in [0.717, 1.165) is 11.5 Å². The summed E-state index contributed by atoms with van der Waals surface area (Å²) in [6.07, 6.45) is 3.63. The van der Waals surface area contributed by atoms with E-state index in [0.29, 0.717) is 10.7 Å². The van der Waals surface area contributed by atoms with E-state index in [-0.39, 0.29) is 11.2 Å². The van der Waals surface area contributed by atoms with Crippen LogP contribution in [0.3, 0.4) is 0 Å². The Balaban J connectivity index is 2.28. The Kier molecular flexibility index (Phi) is 4.15. The monoisotopic (exact) mass is 312 g/mol. The lowest BCUT2D eigenvalue weighted by Gasteiger charge is -2.42. The fourth-order valence-corrected chi connectivity index (χ4v) is 4.87. The van der Waals surface area contributed by atoms with Crippen molar-refractivity contribution in [1.29, 1.82) is 0 Å². The number of hydrogen-bond acceptors (Lipinski definition) is 0. The lowest BCUT2D eigenvalue weighted by Crippen LogP contribution is -2.39. The van der Waals surface area contributed by atoms with E-state index < -0.39 is 0 Å². The zero-order valence-corrected chi connectivity index (χ0v) is 13.0. The van der Waals surface area contributed by atoms with Gasteiger partial charge in [-0.1, -0.05) is 61.3 Å². The van der Waals surface area contributed by atoms with Crippen LogP contribution in [0.15, 0.2) is 24.3 Å². The lowest BCUT2D eigenvalue weighted by molar-refractivity contribution is 0.210. The highest BCUT2D eigenvalue weighted by Gasteiger charge is 2.39. The summed E-state index contributed by atoms with van der Waals surface area (Å²) in [5.74, 6) is 1.22. The van der Waals surface area contributed by atoms with E-state index in [4.69, 9.17) is 0 Å². The largest absolute Gasteiger partial charge is 0.207 e. The standard InChI is InChI=1S/C16H22BrF/c1-11-8-9-12(14(17)10-11)16(2,3)13-6-4-5-7-15(13)18/h4-7,11-12,14H,8-10H2,1-3H3. The van der Waals surface area contributed by atoms with Crippen LogP contribution in [0.2, 0.25) is 0 Å². The van der Waals surface area contributed by atoms with Gasteiger partial charge in [0.05, 0.1) is 0 Å². The number of benzene rings is 1. The van der Waals surface area contributed by atoms with Crippen molar-refractivity contribution >= 4 is 15.9 Å². The van der Waals surface area contributed by atoms with Gasteiger partial charge in [0.1, 0.15) is 5.82 Å². The molecule has 1 saturated carbocycles. The van der Waals surface area contributed by atoms with Gasteiger partial charge >= 0.3 is 0 Å². The number of alkyl halides is 1. The zero-order chi connectivity index (χ0) is 13.3. The molecule has 1 aromatic rings. The highest BCUT2D eigenvalue weighted by molar-refractivity contribution is 9.09. The minimum absolute atomic E-state index is 0.0687. The van der Waals surface area contributed by atoms with Gasteiger partial charge in [0.2, 0.25) is 0 Å². The molecule has 3 unspecified atom stereocenters. The van der Waals surface area contributed by atoms with E-state index in [1.807, 2.05) is 12.1 Å². The summed E-state index contributed by atoms with van der Waals surface area (Å²) in [4.78, 5) is 0.496. The third-order valence-electron chi connectivity index (χ3n) is 4.53. The Morgan fingerprint density at radius 3 is 2.50 bits per heavy atom. The molecule has 0 aromatic heterocycles. The Hall–Kier alpha value is -0.370. The highest BCUT2D eigenvalue weighted by atomic mass is 79.9. The van der Waals surface area contributed by atoms with Crippen LogP contribution in [0.25, 0.3) is 0 Å². The van der Waals surface area contributed by atoms with E-state index in [1.165, 1.54) is 19.3 Å². The maximum Gasteiger partial charge on any atom is 0.126 e. The first-order valence-electron chi connectivity index (χ1n) is 6.82. The van der Waals surface area contributed by atoms with Gasteiger partial charge in [-0.15, -0.1) is 0 Å². The smallest absolute Gasteiger partial charge is 0.126 e. The number of hydrogen-bond donors (Lipinski definition) is 0. The molecular formula is C16H22BrF. The minimum atomic E-state index is -0.111. The molecule has 1 fully saturated rings. The van der Waals surface area contributed by atoms with Crippen LogP contribution in [-0.4, -0.2) is 4.83 Å². The second kappa shape index (κ2) is 5.32. The molecule has 0 amide bonds. The van der Waals surface area contributed by atoms with Gasteiger partial charge in [-0.25, -0.2) is 4.39 Å². The zero-order valence-electron chi connectivity index (χ0n) is 11.4. The topological polar surface area (TPSA) is 0 Å². The average molecular weight is 313 g/mol. The summed E-state index contributed by atoms with van der Waals surface area (Å²) in [6.45, 7) is 6.67. The Morgan fingerprint density at radius 2 is 1.89 bits per heavy atom. The maximum absolute atomic E-state index is 14.0. The first-order chi connectivity index (χ1) is 8.43. The van der Waals surface area contributed by atoms with Crippen LogP contribution in [-0.2, 0) is 5.41 Å². The van der Waals surface area contributed by atoms with Crippen LogP contribution >= 0.6 is 15.9 Å². The molecule has 0 saturated heterocycles. The van der Waals surface area contributed by atoms with E-state index in [9.17, 15) is 4.39 Å². The number of halogens is 2. The summed E-state index contributed by atoms with van der Waals surface area (Å²) in [5.41, 5.74) is 0.744. The van der Waals surface area contributed by atoms with Gasteiger partial charge in [0, 0.05) is 4.83 Å². The molecule has 1 aliphatic rings. The molecular weight excluding hydrogens is 291 g/mol. The van der Waals surface area contributed by atoms with E-state index in [1.54, 1.807) is 12.1 Å². The molecule has 0 spiro atoms. The summed E-state index contributed by atoms with van der Waals surface area (Å²) in [7, 11) is 0. The average Bonchev–Trinajstić information content (AvgIpc) is 2.28. The van der Waals surface area contributed by atoms with E-state index in [2.05, 4.69) is 36.7 Å². The van der Waals surface area contributed by atoms with Crippen molar-refractivity contribution in [2.24, 2.45) is 11.8 Å². The third-order valence-corrected chi connectivity index (χ3v) is 5.54. The van der Waals surface area contributed by atoms with Gasteiger partial charge in [-0.3, -0.25) is 0 Å². The lowest BCUT2D eigenvalue weighted by atomic mass is 9.66. The van der Waals surface area contributed by atoms with Crippen molar-refractivity contribution in [1.82, 2.24) is 0 Å². The van der Waals surface area contributed by atoms with Crippen molar-refractivity contribution in [2.45, 2.75) is 50.3 Å². The first kappa shape index (κ1) is 14.0. The quantitative estimate of drug-likeness (QED) is 0.650. The predicted molar refractivity (Wildman–Crippen MR) is 78.6 cm³/mol. The molecule has 0 bridgehead atoms. The van der Waals surface area contributed by atoms with Gasteiger partial charge in [-0.2, -0.15) is 0 Å². The molecule has 100 valence electrons. The molecule has 0 N–H and O–H groups in total. The summed E-state index contributed by atoms with van der Waals surface area (Å²) < 4.78 is 14.0. The third kappa shape index (κ3) is 2.64. The Labute approximate surface area is 118 Å². The predicted octanol–water partition coefficient (Wildman–Crippen LogP) is 5.30. The Bertz CT molecular complexity index is 413. The molecule has 3 atom stereocenters. The van der Waals surface area contributed by atoms with Gasteiger partial charge < -0.3 is 0 Å². The normalized spacial score (nSPS) is 29.3. The Morgan fingerprint density at radius 1 is 1.22 bits per heavy atom. The molecule has 0 radical (unpaired) electrons. The summed E-state index contributed by atoms with van der Waals surface area (Å²) in [6, 6.07) is 7.22. The van der Waals surface area contributed by atoms with Crippen LogP contribution in [0.5, 0.6) is 0 Å². The molecule has 1 aromatic carbocycles. The maximum atomic E-state index is 14.0. The molecule has 2 rings (SSSR count). The van der Waals surface area contributed by atoms with Crippen LogP contribution in [0.4, 0.5) is 4.39 Å².